The number of nitrogens with one attached hydrogen (secondary N) is 2. The van der Waals surface area contributed by atoms with Crippen molar-refractivity contribution in [2.24, 2.45) is 11.7 Å². The number of hydrogen-bond donors (Lipinski definition) is 3. The Labute approximate surface area is 145 Å². The van der Waals surface area contributed by atoms with Crippen molar-refractivity contribution in [3.05, 3.63) is 30.5 Å². The molecule has 2 aromatic heterocycles. The van der Waals surface area contributed by atoms with Gasteiger partial charge in [-0.05, 0) is 37.5 Å². The molecule has 1 fully saturated rings. The van der Waals surface area contributed by atoms with E-state index < -0.39 is 0 Å². The highest BCUT2D eigenvalue weighted by Gasteiger charge is 2.20. The number of piperidine rings is 1. The number of nitrogens with two attached hydrogens (primary N) is 1. The third-order valence-electron chi connectivity index (χ3n) is 4.23. The summed E-state index contributed by atoms with van der Waals surface area (Å²) in [4.78, 5) is 18.3. The molecule has 1 aliphatic rings. The van der Waals surface area contributed by atoms with E-state index in [2.05, 4.69) is 24.8 Å². The highest BCUT2D eigenvalue weighted by atomic mass is 15.2. The van der Waals surface area contributed by atoms with Gasteiger partial charge in [-0.15, -0.1) is 0 Å². The SMILES string of the molecule is N#CC(=N)/C=C\c1ncc(-c2cc(N3CCCC(CN)C3)ncn2)[nH]1. The molecule has 0 amide bonds. The lowest BCUT2D eigenvalue weighted by Crippen LogP contribution is -2.38. The van der Waals surface area contributed by atoms with Gasteiger partial charge >= 0.3 is 0 Å². The Bertz CT molecular complexity index is 816. The number of aromatic nitrogens is 4. The highest BCUT2D eigenvalue weighted by Crippen LogP contribution is 2.24. The van der Waals surface area contributed by atoms with Crippen LogP contribution >= 0.6 is 0 Å². The molecule has 1 saturated heterocycles. The molecular formula is C17H20N8. The number of rotatable bonds is 5. The van der Waals surface area contributed by atoms with Crippen LogP contribution in [-0.4, -0.2) is 45.3 Å². The molecule has 0 aromatic carbocycles. The van der Waals surface area contributed by atoms with Crippen molar-refractivity contribution in [3.8, 4) is 17.5 Å². The molecule has 1 atom stereocenters. The maximum absolute atomic E-state index is 8.60. The quantitative estimate of drug-likeness (QED) is 0.711. The lowest BCUT2D eigenvalue weighted by molar-refractivity contribution is 0.421. The van der Waals surface area contributed by atoms with Crippen molar-refractivity contribution in [2.75, 3.05) is 24.5 Å². The Morgan fingerprint density at radius 3 is 3.16 bits per heavy atom. The Balaban J connectivity index is 1.78. The number of aromatic amines is 1. The summed E-state index contributed by atoms with van der Waals surface area (Å²) >= 11 is 0. The van der Waals surface area contributed by atoms with Gasteiger partial charge in [0.2, 0.25) is 0 Å². The van der Waals surface area contributed by atoms with Gasteiger partial charge < -0.3 is 15.6 Å². The van der Waals surface area contributed by atoms with Crippen LogP contribution in [0, 0.1) is 22.7 Å². The Morgan fingerprint density at radius 1 is 1.48 bits per heavy atom. The monoisotopic (exact) mass is 336 g/mol. The second-order valence-electron chi connectivity index (χ2n) is 5.99. The van der Waals surface area contributed by atoms with Crippen LogP contribution in [0.15, 0.2) is 24.7 Å². The van der Waals surface area contributed by atoms with Crippen molar-refractivity contribution < 1.29 is 0 Å². The van der Waals surface area contributed by atoms with Crippen molar-refractivity contribution in [1.82, 2.24) is 19.9 Å². The number of nitrogens with zero attached hydrogens (tertiary/aromatic N) is 5. The average molecular weight is 336 g/mol. The first-order valence-corrected chi connectivity index (χ1v) is 8.18. The van der Waals surface area contributed by atoms with E-state index >= 15 is 0 Å². The fourth-order valence-electron chi connectivity index (χ4n) is 2.88. The molecule has 2 aromatic rings. The molecule has 25 heavy (non-hydrogen) atoms. The highest BCUT2D eigenvalue weighted by molar-refractivity contribution is 6.06. The number of allylic oxidation sites excluding steroid dienone is 1. The Morgan fingerprint density at radius 2 is 2.36 bits per heavy atom. The second-order valence-corrected chi connectivity index (χ2v) is 5.99. The summed E-state index contributed by atoms with van der Waals surface area (Å²) < 4.78 is 0. The topological polar surface area (TPSA) is 131 Å². The van der Waals surface area contributed by atoms with Crippen molar-refractivity contribution in [3.63, 3.8) is 0 Å². The van der Waals surface area contributed by atoms with Gasteiger partial charge in [0, 0.05) is 19.2 Å². The summed E-state index contributed by atoms with van der Waals surface area (Å²) in [6.45, 7) is 2.59. The molecule has 4 N–H and O–H groups in total. The van der Waals surface area contributed by atoms with Crippen molar-refractivity contribution >= 4 is 17.6 Å². The molecule has 8 heteroatoms. The van der Waals surface area contributed by atoms with Crippen LogP contribution in [0.3, 0.4) is 0 Å². The summed E-state index contributed by atoms with van der Waals surface area (Å²) in [5.41, 5.74) is 7.20. The minimum absolute atomic E-state index is 0.123. The van der Waals surface area contributed by atoms with Crippen LogP contribution in [0.1, 0.15) is 18.7 Å². The third kappa shape index (κ3) is 4.08. The van der Waals surface area contributed by atoms with Gasteiger partial charge in [0.05, 0.1) is 17.6 Å². The molecule has 0 bridgehead atoms. The van der Waals surface area contributed by atoms with Crippen molar-refractivity contribution in [1.29, 1.82) is 10.7 Å². The van der Waals surface area contributed by atoms with E-state index in [1.54, 1.807) is 24.7 Å². The van der Waals surface area contributed by atoms with Crippen LogP contribution in [0.25, 0.3) is 17.5 Å². The zero-order valence-corrected chi connectivity index (χ0v) is 13.8. The molecule has 0 aliphatic carbocycles. The minimum atomic E-state index is -0.123. The van der Waals surface area contributed by atoms with Gasteiger partial charge in [-0.3, -0.25) is 5.41 Å². The maximum atomic E-state index is 8.60. The summed E-state index contributed by atoms with van der Waals surface area (Å²) in [7, 11) is 0. The lowest BCUT2D eigenvalue weighted by atomic mass is 9.98. The van der Waals surface area contributed by atoms with E-state index in [1.807, 2.05) is 6.07 Å². The van der Waals surface area contributed by atoms with Crippen LogP contribution in [-0.2, 0) is 0 Å². The fraction of sp³-hybridized carbons (Fsp3) is 0.353. The normalized spacial score (nSPS) is 17.6. The van der Waals surface area contributed by atoms with Crippen LogP contribution in [0.4, 0.5) is 5.82 Å². The average Bonchev–Trinajstić information content (AvgIpc) is 3.15. The largest absolute Gasteiger partial charge is 0.356 e. The predicted octanol–water partition coefficient (Wildman–Crippen LogP) is 1.60. The number of H-pyrrole nitrogens is 1. The molecule has 3 rings (SSSR count). The molecule has 128 valence electrons. The lowest BCUT2D eigenvalue weighted by Gasteiger charge is -2.33. The number of nitriles is 1. The van der Waals surface area contributed by atoms with Crippen LogP contribution < -0.4 is 10.6 Å². The zero-order chi connectivity index (χ0) is 17.6. The molecule has 8 nitrogen and oxygen atoms in total. The smallest absolute Gasteiger partial charge is 0.132 e. The minimum Gasteiger partial charge on any atom is -0.356 e. The number of imidazole rings is 1. The van der Waals surface area contributed by atoms with E-state index in [0.717, 1.165) is 36.7 Å². The number of anilines is 1. The van der Waals surface area contributed by atoms with E-state index in [1.165, 1.54) is 12.5 Å². The molecule has 0 saturated carbocycles. The van der Waals surface area contributed by atoms with Crippen LogP contribution in [0.2, 0.25) is 0 Å². The third-order valence-corrected chi connectivity index (χ3v) is 4.23. The fourth-order valence-corrected chi connectivity index (χ4v) is 2.88. The summed E-state index contributed by atoms with van der Waals surface area (Å²) in [6, 6.07) is 3.69. The van der Waals surface area contributed by atoms with E-state index in [4.69, 9.17) is 16.4 Å². The van der Waals surface area contributed by atoms with Gasteiger partial charge in [0.15, 0.2) is 0 Å². The molecule has 1 aliphatic heterocycles. The van der Waals surface area contributed by atoms with E-state index in [0.29, 0.717) is 18.3 Å². The van der Waals surface area contributed by atoms with E-state index in [9.17, 15) is 0 Å². The molecule has 0 spiro atoms. The van der Waals surface area contributed by atoms with Gasteiger partial charge in [-0.25, -0.2) is 15.0 Å². The van der Waals surface area contributed by atoms with Gasteiger partial charge in [-0.2, -0.15) is 5.26 Å². The second kappa shape index (κ2) is 7.68. The first-order valence-electron chi connectivity index (χ1n) is 8.18. The summed E-state index contributed by atoms with van der Waals surface area (Å²) in [6.07, 6.45) is 8.51. The zero-order valence-electron chi connectivity index (χ0n) is 13.8. The standard InChI is InChI=1S/C17H20N8/c18-7-12-2-1-5-25(10-12)17-6-14(22-11-23-17)15-9-21-16(24-15)4-3-13(20)8-19/h3-4,6,9,11-12,20H,1-2,5,7,10,18H2,(H,21,24)/b4-3-,20-13?. The first kappa shape index (κ1) is 16.8. The summed E-state index contributed by atoms with van der Waals surface area (Å²) in [5.74, 6) is 1.96. The molecular weight excluding hydrogens is 316 g/mol. The van der Waals surface area contributed by atoms with E-state index in [-0.39, 0.29) is 5.71 Å². The summed E-state index contributed by atoms with van der Waals surface area (Å²) in [5, 5.41) is 15.9. The van der Waals surface area contributed by atoms with Crippen LogP contribution in [0.5, 0.6) is 0 Å². The molecule has 3 heterocycles. The Hall–Kier alpha value is -3.05. The Kier molecular flexibility index (Phi) is 5.16. The van der Waals surface area contributed by atoms with Gasteiger partial charge in [-0.1, -0.05) is 0 Å². The van der Waals surface area contributed by atoms with Gasteiger partial charge in [0.25, 0.3) is 0 Å². The molecule has 1 unspecified atom stereocenters. The maximum Gasteiger partial charge on any atom is 0.132 e. The molecule has 0 radical (unpaired) electrons. The first-order chi connectivity index (χ1) is 12.2. The van der Waals surface area contributed by atoms with Gasteiger partial charge in [0.1, 0.15) is 29.8 Å². The predicted molar refractivity (Wildman–Crippen MR) is 96.0 cm³/mol. The number of hydrogen-bond acceptors (Lipinski definition) is 7. The van der Waals surface area contributed by atoms with Crippen molar-refractivity contribution in [2.45, 2.75) is 12.8 Å².